The van der Waals surface area contributed by atoms with Crippen molar-refractivity contribution >= 4 is 21.6 Å². The lowest BCUT2D eigenvalue weighted by Crippen LogP contribution is -2.49. The Morgan fingerprint density at radius 3 is 2.55 bits per heavy atom. The van der Waals surface area contributed by atoms with Crippen molar-refractivity contribution in [3.8, 4) is 11.5 Å². The monoisotopic (exact) mass is 477 g/mol. The minimum Gasteiger partial charge on any atom is -0.497 e. The molecule has 0 saturated heterocycles. The molecule has 1 heterocycles. The summed E-state index contributed by atoms with van der Waals surface area (Å²) >= 11 is 0. The van der Waals surface area contributed by atoms with E-state index in [-0.39, 0.29) is 46.4 Å². The van der Waals surface area contributed by atoms with E-state index in [2.05, 4.69) is 10.0 Å². The normalized spacial score (nSPS) is 19.7. The van der Waals surface area contributed by atoms with Crippen LogP contribution in [0.25, 0.3) is 0 Å². The summed E-state index contributed by atoms with van der Waals surface area (Å²) in [6.45, 7) is 4.44. The smallest absolute Gasteiger partial charge is 0.262 e. The van der Waals surface area contributed by atoms with Gasteiger partial charge in [0, 0.05) is 19.0 Å². The van der Waals surface area contributed by atoms with Gasteiger partial charge >= 0.3 is 0 Å². The first-order chi connectivity index (χ1) is 15.7. The van der Waals surface area contributed by atoms with Crippen molar-refractivity contribution < 1.29 is 27.8 Å². The molecule has 0 unspecified atom stereocenters. The maximum atomic E-state index is 13.4. The Morgan fingerprint density at radius 1 is 1.24 bits per heavy atom. The lowest BCUT2D eigenvalue weighted by atomic mass is 9.99. The lowest BCUT2D eigenvalue weighted by Gasteiger charge is -2.37. The molecule has 3 atom stereocenters. The van der Waals surface area contributed by atoms with Crippen LogP contribution in [0.5, 0.6) is 11.5 Å². The maximum Gasteiger partial charge on any atom is 0.262 e. The molecule has 0 spiro atoms. The van der Waals surface area contributed by atoms with Crippen molar-refractivity contribution in [1.29, 1.82) is 0 Å². The number of amides is 1. The Kier molecular flexibility index (Phi) is 7.83. The number of anilines is 1. The van der Waals surface area contributed by atoms with Gasteiger partial charge < -0.3 is 24.8 Å². The molecule has 0 saturated carbocycles. The first-order valence-corrected chi connectivity index (χ1v) is 12.2. The highest BCUT2D eigenvalue weighted by atomic mass is 32.2. The number of carbonyl (C=O) groups excluding carboxylic acids is 1. The summed E-state index contributed by atoms with van der Waals surface area (Å²) in [7, 11) is -0.654. The molecule has 3 N–H and O–H groups in total. The van der Waals surface area contributed by atoms with E-state index in [1.807, 2.05) is 6.92 Å². The molecular formula is C23H31N3O6S. The number of para-hydroxylation sites is 1. The van der Waals surface area contributed by atoms with Gasteiger partial charge in [-0.3, -0.25) is 9.52 Å². The number of nitrogens with one attached hydrogen (secondary N) is 2. The molecule has 33 heavy (non-hydrogen) atoms. The second-order valence-electron chi connectivity index (χ2n) is 8.14. The van der Waals surface area contributed by atoms with E-state index in [0.29, 0.717) is 18.8 Å². The number of fused-ring (bicyclic) bond motifs is 1. The molecule has 10 heteroatoms. The van der Waals surface area contributed by atoms with E-state index in [4.69, 9.17) is 9.47 Å². The molecule has 1 aliphatic heterocycles. The summed E-state index contributed by atoms with van der Waals surface area (Å²) in [6.07, 6.45) is -0.332. The predicted molar refractivity (Wildman–Crippen MR) is 125 cm³/mol. The summed E-state index contributed by atoms with van der Waals surface area (Å²) in [5, 5.41) is 12.8. The summed E-state index contributed by atoms with van der Waals surface area (Å²) in [5.74, 6) is 0.304. The van der Waals surface area contributed by atoms with Gasteiger partial charge in [-0.2, -0.15) is 0 Å². The molecule has 1 aliphatic rings. The number of hydrogen-bond donors (Lipinski definition) is 3. The van der Waals surface area contributed by atoms with Gasteiger partial charge in [0.2, 0.25) is 0 Å². The van der Waals surface area contributed by atoms with Crippen LogP contribution in [0.15, 0.2) is 47.4 Å². The van der Waals surface area contributed by atoms with Crippen LogP contribution in [0.4, 0.5) is 5.69 Å². The minimum absolute atomic E-state index is 0.0498. The number of hydrogen-bond acceptors (Lipinski definition) is 7. The average molecular weight is 478 g/mol. The van der Waals surface area contributed by atoms with Crippen LogP contribution in [0.3, 0.4) is 0 Å². The fraction of sp³-hybridized carbons (Fsp3) is 0.435. The Hall–Kier alpha value is -2.82. The zero-order valence-corrected chi connectivity index (χ0v) is 20.1. The molecule has 2 aromatic rings. The van der Waals surface area contributed by atoms with Crippen molar-refractivity contribution in [3.05, 3.63) is 48.0 Å². The Labute approximate surface area is 194 Å². The molecule has 1 amide bonds. The molecule has 0 radical (unpaired) electrons. The fourth-order valence-electron chi connectivity index (χ4n) is 3.73. The molecule has 180 valence electrons. The van der Waals surface area contributed by atoms with Crippen LogP contribution < -0.4 is 19.5 Å². The van der Waals surface area contributed by atoms with Crippen LogP contribution in [0.1, 0.15) is 24.2 Å². The largest absolute Gasteiger partial charge is 0.497 e. The third-order valence-electron chi connectivity index (χ3n) is 5.71. The van der Waals surface area contributed by atoms with Gasteiger partial charge in [0.25, 0.3) is 15.9 Å². The Balaban J connectivity index is 2.06. The molecule has 3 rings (SSSR count). The van der Waals surface area contributed by atoms with E-state index in [0.717, 1.165) is 0 Å². The van der Waals surface area contributed by atoms with Gasteiger partial charge in [0.05, 0.1) is 35.9 Å². The van der Waals surface area contributed by atoms with E-state index in [1.54, 1.807) is 49.2 Å². The summed E-state index contributed by atoms with van der Waals surface area (Å²) in [4.78, 5) is 15.0. The highest BCUT2D eigenvalue weighted by Gasteiger charge is 2.34. The Bertz CT molecular complexity index is 1070. The van der Waals surface area contributed by atoms with Crippen LogP contribution >= 0.6 is 0 Å². The molecule has 9 nitrogen and oxygen atoms in total. The fourth-order valence-corrected chi connectivity index (χ4v) is 4.79. The number of aliphatic hydroxyl groups is 1. The molecule has 2 aromatic carbocycles. The van der Waals surface area contributed by atoms with Crippen LogP contribution in [-0.2, 0) is 10.0 Å². The highest BCUT2D eigenvalue weighted by molar-refractivity contribution is 7.92. The highest BCUT2D eigenvalue weighted by Crippen LogP contribution is 2.36. The number of likely N-dealkylation sites (N-methyl/N-ethyl adjacent to an activating group) is 1. The predicted octanol–water partition coefficient (Wildman–Crippen LogP) is 1.94. The summed E-state index contributed by atoms with van der Waals surface area (Å²) in [6, 6.07) is 10.4. The van der Waals surface area contributed by atoms with Gasteiger partial charge in [0.1, 0.15) is 11.9 Å². The van der Waals surface area contributed by atoms with Gasteiger partial charge in [-0.15, -0.1) is 0 Å². The number of benzene rings is 2. The van der Waals surface area contributed by atoms with E-state index in [1.165, 1.54) is 19.2 Å². The molecule has 0 bridgehead atoms. The van der Waals surface area contributed by atoms with Crippen LogP contribution in [-0.4, -0.2) is 70.3 Å². The number of aliphatic hydroxyl groups excluding tert-OH is 1. The van der Waals surface area contributed by atoms with E-state index >= 15 is 0 Å². The number of methoxy groups -OCH3 is 1. The molecule has 0 aliphatic carbocycles. The molecule has 0 aromatic heterocycles. The van der Waals surface area contributed by atoms with Crippen LogP contribution in [0, 0.1) is 5.92 Å². The Morgan fingerprint density at radius 2 is 1.94 bits per heavy atom. The van der Waals surface area contributed by atoms with E-state index < -0.39 is 16.1 Å². The quantitative estimate of drug-likeness (QED) is 0.532. The zero-order chi connectivity index (χ0) is 24.2. The second kappa shape index (κ2) is 10.4. The topological polar surface area (TPSA) is 117 Å². The zero-order valence-electron chi connectivity index (χ0n) is 19.2. The first-order valence-electron chi connectivity index (χ1n) is 10.7. The summed E-state index contributed by atoms with van der Waals surface area (Å²) in [5.41, 5.74) is 0.404. The molecule has 0 fully saturated rings. The van der Waals surface area contributed by atoms with Gasteiger partial charge in [-0.1, -0.05) is 13.0 Å². The SMILES string of the molecule is CNC[C@@H]1Oc2c(NS(=O)(=O)c3ccc(OC)cc3)cccc2C(=O)N([C@H](C)CO)C[C@@H]1C. The number of nitrogens with zero attached hydrogens (tertiary/aromatic N) is 1. The van der Waals surface area contributed by atoms with Gasteiger partial charge in [-0.05, 0) is 50.4 Å². The summed E-state index contributed by atoms with van der Waals surface area (Å²) < 4.78 is 40.0. The van der Waals surface area contributed by atoms with Crippen molar-refractivity contribution in [1.82, 2.24) is 10.2 Å². The van der Waals surface area contributed by atoms with Gasteiger partial charge in [0.15, 0.2) is 5.75 Å². The van der Waals surface area contributed by atoms with Gasteiger partial charge in [-0.25, -0.2) is 8.42 Å². The maximum absolute atomic E-state index is 13.4. The third-order valence-corrected chi connectivity index (χ3v) is 7.09. The third kappa shape index (κ3) is 5.40. The first kappa shape index (κ1) is 24.8. The molecular weight excluding hydrogens is 446 g/mol. The van der Waals surface area contributed by atoms with Crippen molar-refractivity contribution in [2.75, 3.05) is 38.6 Å². The standard InChI is InChI=1S/C23H31N3O6S/c1-15-13-26(16(2)14-27)23(28)19-6-5-7-20(22(19)32-21(15)12-24-3)25-33(29,30)18-10-8-17(31-4)9-11-18/h5-11,15-16,21,24-25,27H,12-14H2,1-4H3/t15-,16+,21-/m0/s1. The number of carbonyl (C=O) groups is 1. The number of ether oxygens (including phenoxy) is 2. The minimum atomic E-state index is -3.95. The second-order valence-corrected chi connectivity index (χ2v) is 9.83. The van der Waals surface area contributed by atoms with Crippen molar-refractivity contribution in [3.63, 3.8) is 0 Å². The number of rotatable bonds is 8. The van der Waals surface area contributed by atoms with Crippen molar-refractivity contribution in [2.24, 2.45) is 5.92 Å². The van der Waals surface area contributed by atoms with Crippen LogP contribution in [0.2, 0.25) is 0 Å². The average Bonchev–Trinajstić information content (AvgIpc) is 2.81. The van der Waals surface area contributed by atoms with Crippen molar-refractivity contribution in [2.45, 2.75) is 30.9 Å². The van der Waals surface area contributed by atoms with E-state index in [9.17, 15) is 18.3 Å². The number of sulfonamides is 1. The lowest BCUT2D eigenvalue weighted by molar-refractivity contribution is 0.0417.